The van der Waals surface area contributed by atoms with E-state index in [0.717, 1.165) is 6.92 Å². The van der Waals surface area contributed by atoms with Crippen LogP contribution >= 0.6 is 0 Å². The van der Waals surface area contributed by atoms with Gasteiger partial charge in [-0.05, 0) is 18.8 Å². The SMILES string of the molecule is CC1CC(C(=O)O)(C(=O)O)C(F)(F)C(F)(C(C)(F)F)C1. The molecule has 0 spiro atoms. The van der Waals surface area contributed by atoms with Gasteiger partial charge in [0.25, 0.3) is 5.92 Å². The average Bonchev–Trinajstić information content (AvgIpc) is 2.20. The number of carboxylic acid groups (broad SMARTS) is 2. The second kappa shape index (κ2) is 4.29. The van der Waals surface area contributed by atoms with Crippen LogP contribution in [0.5, 0.6) is 0 Å². The quantitative estimate of drug-likeness (QED) is 0.621. The Hall–Kier alpha value is -1.41. The molecule has 1 saturated carbocycles. The van der Waals surface area contributed by atoms with Crippen LogP contribution in [-0.4, -0.2) is 39.7 Å². The molecule has 9 heteroatoms. The molecule has 0 heterocycles. The van der Waals surface area contributed by atoms with E-state index in [4.69, 9.17) is 10.2 Å². The van der Waals surface area contributed by atoms with Crippen LogP contribution in [0, 0.1) is 11.3 Å². The molecule has 1 rings (SSSR count). The summed E-state index contributed by atoms with van der Waals surface area (Å²) in [6.07, 6.45) is -2.46. The molecule has 0 bridgehead atoms. The minimum absolute atomic E-state index is 0.118. The molecular formula is C11H13F5O4. The molecule has 1 fully saturated rings. The molecule has 2 atom stereocenters. The van der Waals surface area contributed by atoms with Gasteiger partial charge < -0.3 is 10.2 Å². The Morgan fingerprint density at radius 3 is 1.80 bits per heavy atom. The lowest BCUT2D eigenvalue weighted by Gasteiger charge is -2.49. The van der Waals surface area contributed by atoms with Gasteiger partial charge in [-0.15, -0.1) is 0 Å². The van der Waals surface area contributed by atoms with Gasteiger partial charge in [-0.2, -0.15) is 0 Å². The van der Waals surface area contributed by atoms with Gasteiger partial charge in [0.05, 0.1) is 0 Å². The molecule has 0 amide bonds. The van der Waals surface area contributed by atoms with Crippen molar-refractivity contribution in [3.63, 3.8) is 0 Å². The zero-order valence-electron chi connectivity index (χ0n) is 10.6. The summed E-state index contributed by atoms with van der Waals surface area (Å²) in [5.41, 5.74) is -8.46. The molecule has 0 radical (unpaired) electrons. The van der Waals surface area contributed by atoms with Crippen molar-refractivity contribution in [2.45, 2.75) is 44.2 Å². The van der Waals surface area contributed by atoms with Crippen molar-refractivity contribution in [2.24, 2.45) is 11.3 Å². The second-order valence-electron chi connectivity index (χ2n) is 5.29. The molecule has 1 aliphatic rings. The predicted octanol–water partition coefficient (Wildman–Crippen LogP) is 2.57. The highest BCUT2D eigenvalue weighted by Crippen LogP contribution is 2.61. The fourth-order valence-electron chi connectivity index (χ4n) is 2.66. The van der Waals surface area contributed by atoms with Crippen LogP contribution < -0.4 is 0 Å². The van der Waals surface area contributed by atoms with E-state index in [1.807, 2.05) is 0 Å². The standard InChI is InChI=1S/C11H13F5O4/c1-5-3-9(6(17)18,7(19)20)11(15,16)10(14,4-5)8(2,12)13/h5H,3-4H2,1-2H3,(H,17,18)(H,19,20). The minimum atomic E-state index is -5.26. The molecule has 0 aliphatic heterocycles. The summed E-state index contributed by atoms with van der Waals surface area (Å²) < 4.78 is 69.1. The fourth-order valence-corrected chi connectivity index (χ4v) is 2.66. The maximum Gasteiger partial charge on any atom is 0.327 e. The molecule has 1 aliphatic carbocycles. The van der Waals surface area contributed by atoms with E-state index in [-0.39, 0.29) is 6.92 Å². The largest absolute Gasteiger partial charge is 0.480 e. The Kier molecular flexibility index (Phi) is 3.57. The summed E-state index contributed by atoms with van der Waals surface area (Å²) in [5, 5.41) is 17.7. The van der Waals surface area contributed by atoms with Gasteiger partial charge in [0, 0.05) is 6.92 Å². The first-order chi connectivity index (χ1) is 8.74. The lowest BCUT2D eigenvalue weighted by molar-refractivity contribution is -0.304. The maximum absolute atomic E-state index is 14.3. The van der Waals surface area contributed by atoms with Crippen LogP contribution in [0.15, 0.2) is 0 Å². The van der Waals surface area contributed by atoms with Gasteiger partial charge in [0.2, 0.25) is 11.1 Å². The van der Waals surface area contributed by atoms with E-state index in [1.54, 1.807) is 0 Å². The number of halogens is 5. The van der Waals surface area contributed by atoms with E-state index in [0.29, 0.717) is 0 Å². The number of carbonyl (C=O) groups is 2. The Balaban J connectivity index is 3.64. The van der Waals surface area contributed by atoms with Crippen molar-refractivity contribution in [3.05, 3.63) is 0 Å². The predicted molar refractivity (Wildman–Crippen MR) is 55.5 cm³/mol. The maximum atomic E-state index is 14.3. The van der Waals surface area contributed by atoms with Gasteiger partial charge in [0.15, 0.2) is 0 Å². The van der Waals surface area contributed by atoms with Crippen LogP contribution in [0.4, 0.5) is 22.0 Å². The molecule has 0 aromatic heterocycles. The zero-order chi connectivity index (χ0) is 16.1. The molecular weight excluding hydrogens is 291 g/mol. The second-order valence-corrected chi connectivity index (χ2v) is 5.29. The molecule has 20 heavy (non-hydrogen) atoms. The van der Waals surface area contributed by atoms with Crippen molar-refractivity contribution in [2.75, 3.05) is 0 Å². The third-order valence-corrected chi connectivity index (χ3v) is 3.74. The van der Waals surface area contributed by atoms with Gasteiger partial charge in [-0.1, -0.05) is 6.92 Å². The molecule has 0 aromatic rings. The Morgan fingerprint density at radius 1 is 1.10 bits per heavy atom. The molecule has 4 nitrogen and oxygen atoms in total. The van der Waals surface area contributed by atoms with E-state index in [1.165, 1.54) is 0 Å². The zero-order valence-corrected chi connectivity index (χ0v) is 10.6. The van der Waals surface area contributed by atoms with E-state index >= 15 is 0 Å². The van der Waals surface area contributed by atoms with Gasteiger partial charge in [-0.25, -0.2) is 22.0 Å². The number of rotatable bonds is 3. The third-order valence-electron chi connectivity index (χ3n) is 3.74. The third kappa shape index (κ3) is 1.78. The summed E-state index contributed by atoms with van der Waals surface area (Å²) in [6, 6.07) is 0. The first-order valence-corrected chi connectivity index (χ1v) is 5.65. The van der Waals surface area contributed by atoms with Crippen LogP contribution in [0.1, 0.15) is 26.7 Å². The fraction of sp³-hybridized carbons (Fsp3) is 0.818. The molecule has 0 aromatic carbocycles. The van der Waals surface area contributed by atoms with Gasteiger partial charge in [0.1, 0.15) is 0 Å². The first-order valence-electron chi connectivity index (χ1n) is 5.65. The summed E-state index contributed by atoms with van der Waals surface area (Å²) in [6.45, 7) is 0.934. The Labute approximate surface area is 110 Å². The smallest absolute Gasteiger partial charge is 0.327 e. The topological polar surface area (TPSA) is 74.6 Å². The normalized spacial score (nSPS) is 32.6. The van der Waals surface area contributed by atoms with Crippen molar-refractivity contribution in [3.8, 4) is 0 Å². The van der Waals surface area contributed by atoms with Crippen LogP contribution in [-0.2, 0) is 9.59 Å². The number of hydrogen-bond acceptors (Lipinski definition) is 2. The Bertz CT molecular complexity index is 431. The molecule has 2 unspecified atom stereocenters. The Morgan fingerprint density at radius 2 is 1.50 bits per heavy atom. The van der Waals surface area contributed by atoms with Crippen LogP contribution in [0.25, 0.3) is 0 Å². The van der Waals surface area contributed by atoms with E-state index in [2.05, 4.69) is 0 Å². The highest BCUT2D eigenvalue weighted by atomic mass is 19.3. The highest BCUT2D eigenvalue weighted by Gasteiger charge is 2.82. The molecule has 2 N–H and O–H groups in total. The van der Waals surface area contributed by atoms with E-state index < -0.39 is 53.6 Å². The van der Waals surface area contributed by atoms with Gasteiger partial charge >= 0.3 is 17.9 Å². The summed E-state index contributed by atoms with van der Waals surface area (Å²) in [5.74, 6) is -16.2. The minimum Gasteiger partial charge on any atom is -0.480 e. The molecule has 116 valence electrons. The lowest BCUT2D eigenvalue weighted by Crippen LogP contribution is -2.71. The molecule has 0 saturated heterocycles. The van der Waals surface area contributed by atoms with Gasteiger partial charge in [-0.3, -0.25) is 9.59 Å². The highest BCUT2D eigenvalue weighted by molar-refractivity contribution is 6.00. The summed E-state index contributed by atoms with van der Waals surface area (Å²) in [7, 11) is 0. The van der Waals surface area contributed by atoms with Crippen LogP contribution in [0.3, 0.4) is 0 Å². The van der Waals surface area contributed by atoms with Crippen molar-refractivity contribution in [1.82, 2.24) is 0 Å². The number of hydrogen-bond donors (Lipinski definition) is 2. The number of aliphatic carboxylic acids is 2. The number of carboxylic acids is 2. The summed E-state index contributed by atoms with van der Waals surface area (Å²) >= 11 is 0. The summed E-state index contributed by atoms with van der Waals surface area (Å²) in [4.78, 5) is 22.0. The monoisotopic (exact) mass is 304 g/mol. The number of alkyl halides is 5. The van der Waals surface area contributed by atoms with Crippen LogP contribution in [0.2, 0.25) is 0 Å². The van der Waals surface area contributed by atoms with Crippen molar-refractivity contribution < 1.29 is 41.8 Å². The van der Waals surface area contributed by atoms with E-state index in [9.17, 15) is 31.5 Å². The lowest BCUT2D eigenvalue weighted by atomic mass is 9.60. The first kappa shape index (κ1) is 16.6. The van der Waals surface area contributed by atoms with Crippen molar-refractivity contribution in [1.29, 1.82) is 0 Å². The average molecular weight is 304 g/mol. The van der Waals surface area contributed by atoms with Crippen molar-refractivity contribution >= 4 is 11.9 Å².